The van der Waals surface area contributed by atoms with Crippen LogP contribution in [-0.2, 0) is 0 Å². The Labute approximate surface area is 79.4 Å². The van der Waals surface area contributed by atoms with Crippen molar-refractivity contribution in [2.24, 2.45) is 5.92 Å². The first-order chi connectivity index (χ1) is 6.24. The van der Waals surface area contributed by atoms with Crippen LogP contribution in [0.5, 0.6) is 0 Å². The van der Waals surface area contributed by atoms with Crippen LogP contribution in [0.2, 0.25) is 0 Å². The minimum atomic E-state index is -0.513. The van der Waals surface area contributed by atoms with E-state index in [1.54, 1.807) is 0 Å². The lowest BCUT2D eigenvalue weighted by Crippen LogP contribution is -2.56. The van der Waals surface area contributed by atoms with Gasteiger partial charge in [-0.25, -0.2) is 0 Å². The predicted molar refractivity (Wildman–Crippen MR) is 50.4 cm³/mol. The highest BCUT2D eigenvalue weighted by atomic mass is 16.3. The molecule has 0 aliphatic carbocycles. The molecule has 0 bridgehead atoms. The molecule has 2 N–H and O–H groups in total. The van der Waals surface area contributed by atoms with E-state index in [0.717, 1.165) is 25.9 Å². The zero-order valence-electron chi connectivity index (χ0n) is 8.19. The van der Waals surface area contributed by atoms with Gasteiger partial charge in [0.2, 0.25) is 0 Å². The Hall–Kier alpha value is -0.120. The maximum absolute atomic E-state index is 9.86. The molecule has 3 nitrogen and oxygen atoms in total. The van der Waals surface area contributed by atoms with E-state index >= 15 is 0 Å². The molecule has 13 heavy (non-hydrogen) atoms. The predicted octanol–water partition coefficient (Wildman–Crippen LogP) is 0.212. The van der Waals surface area contributed by atoms with E-state index in [2.05, 4.69) is 11.8 Å². The molecular formula is C10H19NO2. The van der Waals surface area contributed by atoms with Gasteiger partial charge in [0.05, 0.1) is 12.2 Å². The molecule has 2 saturated heterocycles. The second-order valence-electron chi connectivity index (χ2n) is 4.35. The van der Waals surface area contributed by atoms with Gasteiger partial charge in [-0.05, 0) is 31.7 Å². The van der Waals surface area contributed by atoms with E-state index < -0.39 is 12.2 Å². The van der Waals surface area contributed by atoms with Gasteiger partial charge in [0.25, 0.3) is 0 Å². The summed E-state index contributed by atoms with van der Waals surface area (Å²) in [6.07, 6.45) is 2.17. The first-order valence-corrected chi connectivity index (χ1v) is 5.34. The van der Waals surface area contributed by atoms with E-state index in [-0.39, 0.29) is 12.0 Å². The van der Waals surface area contributed by atoms with Crippen molar-refractivity contribution in [2.45, 2.75) is 44.4 Å². The zero-order valence-corrected chi connectivity index (χ0v) is 8.19. The van der Waals surface area contributed by atoms with Crippen molar-refractivity contribution in [1.29, 1.82) is 0 Å². The van der Waals surface area contributed by atoms with E-state index in [1.807, 2.05) is 0 Å². The normalized spacial score (nSPS) is 46.4. The van der Waals surface area contributed by atoms with Crippen molar-refractivity contribution in [1.82, 2.24) is 4.90 Å². The molecule has 0 aromatic rings. The number of nitrogens with zero attached hydrogens (tertiary/aromatic N) is 1. The maximum atomic E-state index is 9.86. The fourth-order valence-corrected chi connectivity index (χ4v) is 2.75. The SMILES string of the molecule is CC[C@H]1CN2CCC[C@H]2[C@@H](O)[C@H]1O. The van der Waals surface area contributed by atoms with E-state index in [4.69, 9.17) is 0 Å². The van der Waals surface area contributed by atoms with Crippen LogP contribution in [0.1, 0.15) is 26.2 Å². The van der Waals surface area contributed by atoms with Crippen LogP contribution in [0.4, 0.5) is 0 Å². The van der Waals surface area contributed by atoms with E-state index in [9.17, 15) is 10.2 Å². The number of aliphatic hydroxyl groups excluding tert-OH is 2. The molecule has 76 valence electrons. The van der Waals surface area contributed by atoms with Gasteiger partial charge >= 0.3 is 0 Å². The quantitative estimate of drug-likeness (QED) is 0.614. The summed E-state index contributed by atoms with van der Waals surface area (Å²) in [4.78, 5) is 2.34. The molecule has 3 heteroatoms. The smallest absolute Gasteiger partial charge is 0.0956 e. The van der Waals surface area contributed by atoms with Crippen molar-refractivity contribution in [3.63, 3.8) is 0 Å². The monoisotopic (exact) mass is 185 g/mol. The zero-order chi connectivity index (χ0) is 9.42. The molecule has 0 aromatic carbocycles. The van der Waals surface area contributed by atoms with Gasteiger partial charge in [0.15, 0.2) is 0 Å². The summed E-state index contributed by atoms with van der Waals surface area (Å²) in [6.45, 7) is 4.15. The third-order valence-electron chi connectivity index (χ3n) is 3.63. The highest BCUT2D eigenvalue weighted by Gasteiger charge is 2.42. The molecule has 2 rings (SSSR count). The second kappa shape index (κ2) is 3.56. The number of aliphatic hydroxyl groups is 2. The lowest BCUT2D eigenvalue weighted by atomic mass is 9.86. The highest BCUT2D eigenvalue weighted by molar-refractivity contribution is 4.96. The van der Waals surface area contributed by atoms with Gasteiger partial charge < -0.3 is 10.2 Å². The highest BCUT2D eigenvalue weighted by Crippen LogP contribution is 2.31. The fourth-order valence-electron chi connectivity index (χ4n) is 2.75. The van der Waals surface area contributed by atoms with E-state index in [1.165, 1.54) is 6.42 Å². The standard InChI is InChI=1S/C10H19NO2/c1-2-7-6-11-5-3-4-8(11)10(13)9(7)12/h7-10,12-13H,2-6H2,1H3/t7-,8-,9-,10+/m0/s1. The van der Waals surface area contributed by atoms with Crippen molar-refractivity contribution in [3.05, 3.63) is 0 Å². The molecule has 2 fully saturated rings. The Morgan fingerprint density at radius 3 is 2.77 bits per heavy atom. The summed E-state index contributed by atoms with van der Waals surface area (Å²) in [6, 6.07) is 0.234. The molecule has 4 atom stereocenters. The third kappa shape index (κ3) is 1.49. The minimum Gasteiger partial charge on any atom is -0.390 e. The summed E-state index contributed by atoms with van der Waals surface area (Å²) >= 11 is 0. The Morgan fingerprint density at radius 2 is 2.08 bits per heavy atom. The van der Waals surface area contributed by atoms with Gasteiger partial charge in [-0.15, -0.1) is 0 Å². The molecule has 0 spiro atoms. The van der Waals surface area contributed by atoms with Gasteiger partial charge in [0, 0.05) is 12.6 Å². The molecule has 0 amide bonds. The molecular weight excluding hydrogens is 166 g/mol. The van der Waals surface area contributed by atoms with Crippen molar-refractivity contribution >= 4 is 0 Å². The average Bonchev–Trinajstić information content (AvgIpc) is 2.59. The van der Waals surface area contributed by atoms with Crippen LogP contribution in [0.3, 0.4) is 0 Å². The van der Waals surface area contributed by atoms with Crippen molar-refractivity contribution in [3.8, 4) is 0 Å². The first kappa shape index (κ1) is 9.44. The topological polar surface area (TPSA) is 43.7 Å². The Kier molecular flexibility index (Phi) is 2.58. The molecule has 2 aliphatic heterocycles. The second-order valence-corrected chi connectivity index (χ2v) is 4.35. The Balaban J connectivity index is 2.08. The fraction of sp³-hybridized carbons (Fsp3) is 1.00. The van der Waals surface area contributed by atoms with Crippen LogP contribution in [0.15, 0.2) is 0 Å². The summed E-state index contributed by atoms with van der Waals surface area (Å²) in [5.74, 6) is 0.268. The molecule has 0 saturated carbocycles. The molecule has 0 aromatic heterocycles. The first-order valence-electron chi connectivity index (χ1n) is 5.34. The largest absolute Gasteiger partial charge is 0.390 e. The van der Waals surface area contributed by atoms with E-state index in [0.29, 0.717) is 0 Å². The summed E-state index contributed by atoms with van der Waals surface area (Å²) in [5.41, 5.74) is 0. The molecule has 2 heterocycles. The molecule has 0 unspecified atom stereocenters. The number of rotatable bonds is 1. The molecule has 2 aliphatic rings. The molecule has 0 radical (unpaired) electrons. The number of piperidine rings is 1. The minimum absolute atomic E-state index is 0.234. The van der Waals surface area contributed by atoms with Crippen LogP contribution in [0, 0.1) is 5.92 Å². The number of fused-ring (bicyclic) bond motifs is 1. The summed E-state index contributed by atoms with van der Waals surface area (Å²) in [7, 11) is 0. The van der Waals surface area contributed by atoms with Gasteiger partial charge in [-0.2, -0.15) is 0 Å². The van der Waals surface area contributed by atoms with Gasteiger partial charge in [-0.1, -0.05) is 6.92 Å². The Morgan fingerprint density at radius 1 is 1.31 bits per heavy atom. The maximum Gasteiger partial charge on any atom is 0.0956 e. The lowest BCUT2D eigenvalue weighted by molar-refractivity contribution is -0.0962. The van der Waals surface area contributed by atoms with Crippen LogP contribution < -0.4 is 0 Å². The van der Waals surface area contributed by atoms with Gasteiger partial charge in [0.1, 0.15) is 0 Å². The summed E-state index contributed by atoms with van der Waals surface area (Å²) < 4.78 is 0. The van der Waals surface area contributed by atoms with Crippen LogP contribution >= 0.6 is 0 Å². The summed E-state index contributed by atoms with van der Waals surface area (Å²) in [5, 5.41) is 19.7. The average molecular weight is 185 g/mol. The van der Waals surface area contributed by atoms with Gasteiger partial charge in [-0.3, -0.25) is 4.90 Å². The third-order valence-corrected chi connectivity index (χ3v) is 3.63. The van der Waals surface area contributed by atoms with Crippen molar-refractivity contribution in [2.75, 3.05) is 13.1 Å². The number of hydrogen-bond donors (Lipinski definition) is 2. The Bertz CT molecular complexity index is 186. The van der Waals surface area contributed by atoms with Crippen LogP contribution in [-0.4, -0.2) is 46.5 Å². The van der Waals surface area contributed by atoms with Crippen LogP contribution in [0.25, 0.3) is 0 Å². The lowest BCUT2D eigenvalue weighted by Gasteiger charge is -2.42. The number of hydrogen-bond acceptors (Lipinski definition) is 3. The van der Waals surface area contributed by atoms with Crippen molar-refractivity contribution < 1.29 is 10.2 Å².